The summed E-state index contributed by atoms with van der Waals surface area (Å²) in [6, 6.07) is 16.1. The molecule has 0 amide bonds. The first-order chi connectivity index (χ1) is 8.25. The fourth-order valence-electron chi connectivity index (χ4n) is 1.70. The van der Waals surface area contributed by atoms with Gasteiger partial charge in [-0.25, -0.2) is 0 Å². The van der Waals surface area contributed by atoms with Gasteiger partial charge >= 0.3 is 0 Å². The van der Waals surface area contributed by atoms with E-state index >= 15 is 0 Å². The molecule has 0 unspecified atom stereocenters. The van der Waals surface area contributed by atoms with Gasteiger partial charge in [0.15, 0.2) is 0 Å². The molecule has 0 fully saturated rings. The van der Waals surface area contributed by atoms with E-state index in [1.54, 1.807) is 0 Å². The van der Waals surface area contributed by atoms with E-state index in [4.69, 9.17) is 5.73 Å². The van der Waals surface area contributed by atoms with E-state index in [1.807, 2.05) is 30.3 Å². The van der Waals surface area contributed by atoms with Gasteiger partial charge in [-0.05, 0) is 36.2 Å². The number of hydrogen-bond donors (Lipinski definition) is 2. The van der Waals surface area contributed by atoms with Gasteiger partial charge in [-0.3, -0.25) is 0 Å². The first-order valence-corrected chi connectivity index (χ1v) is 6.38. The summed E-state index contributed by atoms with van der Waals surface area (Å²) in [5.74, 6) is 0. The number of para-hydroxylation sites is 1. The van der Waals surface area contributed by atoms with Gasteiger partial charge in [0.25, 0.3) is 0 Å². The SMILES string of the molecule is Nc1ccccc1CCNc1cccc(Br)c1. The summed E-state index contributed by atoms with van der Waals surface area (Å²) in [6.45, 7) is 0.880. The predicted molar refractivity (Wildman–Crippen MR) is 77.2 cm³/mol. The van der Waals surface area contributed by atoms with Gasteiger partial charge in [0.2, 0.25) is 0 Å². The second-order valence-electron chi connectivity index (χ2n) is 3.89. The molecule has 0 atom stereocenters. The molecule has 0 aliphatic rings. The third-order valence-corrected chi connectivity index (χ3v) is 3.10. The Balaban J connectivity index is 1.90. The Hall–Kier alpha value is -1.48. The number of benzene rings is 2. The van der Waals surface area contributed by atoms with Crippen LogP contribution in [0.2, 0.25) is 0 Å². The lowest BCUT2D eigenvalue weighted by atomic mass is 10.1. The van der Waals surface area contributed by atoms with Crippen LogP contribution < -0.4 is 11.1 Å². The van der Waals surface area contributed by atoms with Crippen molar-refractivity contribution in [2.24, 2.45) is 0 Å². The van der Waals surface area contributed by atoms with Crippen LogP contribution in [-0.4, -0.2) is 6.54 Å². The van der Waals surface area contributed by atoms with Crippen LogP contribution in [0.4, 0.5) is 11.4 Å². The van der Waals surface area contributed by atoms with Crippen molar-refractivity contribution in [1.82, 2.24) is 0 Å². The molecule has 0 saturated heterocycles. The first-order valence-electron chi connectivity index (χ1n) is 5.58. The first kappa shape index (κ1) is 12.0. The van der Waals surface area contributed by atoms with E-state index in [0.29, 0.717) is 0 Å². The molecule has 0 radical (unpaired) electrons. The second kappa shape index (κ2) is 5.73. The molecule has 2 aromatic rings. The molecule has 3 heteroatoms. The largest absolute Gasteiger partial charge is 0.399 e. The standard InChI is InChI=1S/C14H15BrN2/c15-12-5-3-6-13(10-12)17-9-8-11-4-1-2-7-14(11)16/h1-7,10,17H,8-9,16H2. The highest BCUT2D eigenvalue weighted by molar-refractivity contribution is 9.10. The lowest BCUT2D eigenvalue weighted by Gasteiger charge is -2.08. The average Bonchev–Trinajstić information content (AvgIpc) is 2.32. The summed E-state index contributed by atoms with van der Waals surface area (Å²) < 4.78 is 1.08. The smallest absolute Gasteiger partial charge is 0.0351 e. The number of nitrogens with two attached hydrogens (primary N) is 1. The topological polar surface area (TPSA) is 38.0 Å². The zero-order valence-electron chi connectivity index (χ0n) is 9.49. The van der Waals surface area contributed by atoms with Crippen LogP contribution in [0, 0.1) is 0 Å². The summed E-state index contributed by atoms with van der Waals surface area (Å²) in [5.41, 5.74) is 9.06. The Morgan fingerprint density at radius 1 is 1.06 bits per heavy atom. The van der Waals surface area contributed by atoms with Gasteiger partial charge in [0.1, 0.15) is 0 Å². The van der Waals surface area contributed by atoms with E-state index < -0.39 is 0 Å². The van der Waals surface area contributed by atoms with Crippen molar-refractivity contribution in [3.05, 3.63) is 58.6 Å². The van der Waals surface area contributed by atoms with Gasteiger partial charge in [-0.1, -0.05) is 40.2 Å². The van der Waals surface area contributed by atoms with E-state index in [2.05, 4.69) is 39.4 Å². The van der Waals surface area contributed by atoms with Crippen molar-refractivity contribution < 1.29 is 0 Å². The summed E-state index contributed by atoms with van der Waals surface area (Å²) in [6.07, 6.45) is 0.930. The van der Waals surface area contributed by atoms with Crippen molar-refractivity contribution >= 4 is 27.3 Å². The molecule has 2 rings (SSSR count). The normalized spacial score (nSPS) is 10.2. The van der Waals surface area contributed by atoms with Crippen LogP contribution in [0.15, 0.2) is 53.0 Å². The van der Waals surface area contributed by atoms with Gasteiger partial charge in [-0.2, -0.15) is 0 Å². The number of nitrogens with one attached hydrogen (secondary N) is 1. The summed E-state index contributed by atoms with van der Waals surface area (Å²) in [4.78, 5) is 0. The summed E-state index contributed by atoms with van der Waals surface area (Å²) >= 11 is 3.45. The number of nitrogen functional groups attached to an aromatic ring is 1. The van der Waals surface area contributed by atoms with Gasteiger partial charge < -0.3 is 11.1 Å². The quantitative estimate of drug-likeness (QED) is 0.843. The minimum absolute atomic E-state index is 0.864. The zero-order chi connectivity index (χ0) is 12.1. The minimum atomic E-state index is 0.864. The van der Waals surface area contributed by atoms with Gasteiger partial charge in [0.05, 0.1) is 0 Å². The molecule has 0 heterocycles. The molecule has 0 saturated carbocycles. The van der Waals surface area contributed by atoms with Crippen LogP contribution in [0.3, 0.4) is 0 Å². The highest BCUT2D eigenvalue weighted by Gasteiger charge is 1.98. The Labute approximate surface area is 110 Å². The maximum absolute atomic E-state index is 5.89. The number of halogens is 1. The molecule has 17 heavy (non-hydrogen) atoms. The van der Waals surface area contributed by atoms with E-state index in [-0.39, 0.29) is 0 Å². The lowest BCUT2D eigenvalue weighted by Crippen LogP contribution is -2.06. The van der Waals surface area contributed by atoms with E-state index in [9.17, 15) is 0 Å². The molecule has 88 valence electrons. The molecule has 3 N–H and O–H groups in total. The third kappa shape index (κ3) is 3.49. The Morgan fingerprint density at radius 3 is 2.65 bits per heavy atom. The van der Waals surface area contributed by atoms with Crippen molar-refractivity contribution in [3.8, 4) is 0 Å². The second-order valence-corrected chi connectivity index (χ2v) is 4.80. The van der Waals surface area contributed by atoms with E-state index in [1.165, 1.54) is 5.56 Å². The highest BCUT2D eigenvalue weighted by Crippen LogP contribution is 2.16. The molecule has 0 bridgehead atoms. The van der Waals surface area contributed by atoms with Crippen LogP contribution in [0.1, 0.15) is 5.56 Å². The number of hydrogen-bond acceptors (Lipinski definition) is 2. The minimum Gasteiger partial charge on any atom is -0.399 e. The van der Waals surface area contributed by atoms with Crippen LogP contribution >= 0.6 is 15.9 Å². The van der Waals surface area contributed by atoms with Crippen molar-refractivity contribution in [3.63, 3.8) is 0 Å². The molecule has 0 spiro atoms. The van der Waals surface area contributed by atoms with Crippen molar-refractivity contribution in [2.45, 2.75) is 6.42 Å². The Bertz CT molecular complexity index is 497. The summed E-state index contributed by atoms with van der Waals surface area (Å²) in [5, 5.41) is 3.38. The number of rotatable bonds is 4. The maximum atomic E-state index is 5.89. The van der Waals surface area contributed by atoms with E-state index in [0.717, 1.165) is 28.8 Å². The summed E-state index contributed by atoms with van der Waals surface area (Å²) in [7, 11) is 0. The van der Waals surface area contributed by atoms with Crippen LogP contribution in [0.25, 0.3) is 0 Å². The Kier molecular flexibility index (Phi) is 4.04. The fourth-order valence-corrected chi connectivity index (χ4v) is 2.10. The van der Waals surface area contributed by atoms with Crippen molar-refractivity contribution in [2.75, 3.05) is 17.6 Å². The zero-order valence-corrected chi connectivity index (χ0v) is 11.1. The van der Waals surface area contributed by atoms with Crippen molar-refractivity contribution in [1.29, 1.82) is 0 Å². The molecular weight excluding hydrogens is 276 g/mol. The monoisotopic (exact) mass is 290 g/mol. The fraction of sp³-hybridized carbons (Fsp3) is 0.143. The average molecular weight is 291 g/mol. The molecule has 2 aromatic carbocycles. The molecule has 0 aromatic heterocycles. The predicted octanol–water partition coefficient (Wildman–Crippen LogP) is 3.69. The van der Waals surface area contributed by atoms with Gasteiger partial charge in [0, 0.05) is 22.4 Å². The maximum Gasteiger partial charge on any atom is 0.0351 e. The van der Waals surface area contributed by atoms with Gasteiger partial charge in [-0.15, -0.1) is 0 Å². The number of anilines is 2. The molecular formula is C14H15BrN2. The lowest BCUT2D eigenvalue weighted by molar-refractivity contribution is 1.02. The third-order valence-electron chi connectivity index (χ3n) is 2.60. The van der Waals surface area contributed by atoms with Crippen LogP contribution in [-0.2, 0) is 6.42 Å². The molecule has 0 aliphatic carbocycles. The van der Waals surface area contributed by atoms with Crippen LogP contribution in [0.5, 0.6) is 0 Å². The highest BCUT2D eigenvalue weighted by atomic mass is 79.9. The molecule has 2 nitrogen and oxygen atoms in total. The Morgan fingerprint density at radius 2 is 1.88 bits per heavy atom. The molecule has 0 aliphatic heterocycles.